The lowest BCUT2D eigenvalue weighted by Gasteiger charge is -2.10. The van der Waals surface area contributed by atoms with Crippen LogP contribution in [0.15, 0.2) is 60.7 Å². The molecule has 1 aliphatic heterocycles. The number of rotatable bonds is 2. The fourth-order valence-electron chi connectivity index (χ4n) is 2.94. The van der Waals surface area contributed by atoms with Crippen molar-refractivity contribution < 1.29 is 4.74 Å². The van der Waals surface area contributed by atoms with Gasteiger partial charge in [0.15, 0.2) is 5.75 Å². The lowest BCUT2D eigenvalue weighted by molar-refractivity contribution is 0.318. The van der Waals surface area contributed by atoms with E-state index < -0.39 is 0 Å². The zero-order chi connectivity index (χ0) is 20.8. The summed E-state index contributed by atoms with van der Waals surface area (Å²) >= 11 is 0. The summed E-state index contributed by atoms with van der Waals surface area (Å²) in [5.41, 5.74) is 4.34. The molecule has 0 unspecified atom stereocenters. The number of aryl methyl sites for hydroxylation is 1. The van der Waals surface area contributed by atoms with Crippen LogP contribution in [0.25, 0.3) is 16.9 Å². The largest absolute Gasteiger partial charge is 0.489 e. The highest BCUT2D eigenvalue weighted by molar-refractivity contribution is 5.70. The first-order valence-corrected chi connectivity index (χ1v) is 10.8. The molecule has 0 bridgehead atoms. The van der Waals surface area contributed by atoms with Crippen LogP contribution >= 0.6 is 0 Å². The molecule has 3 nitrogen and oxygen atoms in total. The number of nitrogens with zero attached hydrogens (tertiary/aromatic N) is 2. The third-order valence-electron chi connectivity index (χ3n) is 4.01. The van der Waals surface area contributed by atoms with E-state index in [1.54, 1.807) is 0 Å². The van der Waals surface area contributed by atoms with Gasteiger partial charge in [0, 0.05) is 5.56 Å². The number of hydrogen-bond donors (Lipinski definition) is 0. The molecule has 1 aliphatic rings. The molecule has 2 aromatic carbocycles. The summed E-state index contributed by atoms with van der Waals surface area (Å²) in [5, 5.41) is 4.85. The average molecular weight is 381 g/mol. The van der Waals surface area contributed by atoms with Gasteiger partial charge in [0.1, 0.15) is 11.4 Å². The Kier molecular flexibility index (Phi) is 11.4. The van der Waals surface area contributed by atoms with Crippen LogP contribution in [0.5, 0.6) is 5.75 Å². The molecule has 1 aromatic heterocycles. The Balaban J connectivity index is 0.000000599. The summed E-state index contributed by atoms with van der Waals surface area (Å²) in [4.78, 5) is 0. The van der Waals surface area contributed by atoms with Gasteiger partial charge in [0.05, 0.1) is 12.3 Å². The summed E-state index contributed by atoms with van der Waals surface area (Å²) in [7, 11) is 0. The number of para-hydroxylation sites is 1. The molecule has 3 aromatic rings. The first kappa shape index (κ1) is 23.5. The minimum Gasteiger partial charge on any atom is -0.489 e. The number of fused-ring (bicyclic) bond motifs is 1. The molecule has 28 heavy (non-hydrogen) atoms. The number of benzene rings is 2. The van der Waals surface area contributed by atoms with Gasteiger partial charge in [-0.2, -0.15) is 5.10 Å². The summed E-state index contributed by atoms with van der Waals surface area (Å²) < 4.78 is 8.07. The second-order valence-electron chi connectivity index (χ2n) is 5.54. The third-order valence-corrected chi connectivity index (χ3v) is 4.01. The molecular weight excluding hydrogens is 344 g/mol. The highest BCUT2D eigenvalue weighted by Gasteiger charge is 2.23. The van der Waals surface area contributed by atoms with Gasteiger partial charge in [-0.3, -0.25) is 0 Å². The van der Waals surface area contributed by atoms with Crippen molar-refractivity contribution in [2.75, 3.05) is 6.61 Å². The number of aromatic nitrogens is 2. The van der Waals surface area contributed by atoms with Gasteiger partial charge in [-0.1, -0.05) is 90.1 Å². The Labute approximate surface area is 171 Å². The number of hydrogen-bond acceptors (Lipinski definition) is 2. The maximum atomic E-state index is 6.05. The molecule has 0 radical (unpaired) electrons. The average Bonchev–Trinajstić information content (AvgIpc) is 3.01. The Hall–Kier alpha value is -2.55. The van der Waals surface area contributed by atoms with E-state index in [2.05, 4.69) is 36.4 Å². The van der Waals surface area contributed by atoms with E-state index in [9.17, 15) is 0 Å². The Morgan fingerprint density at radius 1 is 0.750 bits per heavy atom. The molecule has 0 spiro atoms. The van der Waals surface area contributed by atoms with E-state index in [1.807, 2.05) is 70.5 Å². The van der Waals surface area contributed by atoms with Crippen molar-refractivity contribution in [2.45, 2.75) is 60.8 Å². The normalized spacial score (nSPS) is 11.6. The second-order valence-corrected chi connectivity index (χ2v) is 5.54. The van der Waals surface area contributed by atoms with Gasteiger partial charge >= 0.3 is 0 Å². The first-order chi connectivity index (χ1) is 13.9. The summed E-state index contributed by atoms with van der Waals surface area (Å²) in [6.45, 7) is 12.8. The van der Waals surface area contributed by atoms with Gasteiger partial charge in [0.25, 0.3) is 0 Å². The summed E-state index contributed by atoms with van der Waals surface area (Å²) in [6, 6.07) is 20.6. The molecule has 0 aliphatic carbocycles. The summed E-state index contributed by atoms with van der Waals surface area (Å²) in [6.07, 6.45) is 3.21. The van der Waals surface area contributed by atoms with E-state index in [-0.39, 0.29) is 0 Å². The fraction of sp³-hybridized carbons (Fsp3) is 0.400. The highest BCUT2D eigenvalue weighted by atomic mass is 16.5. The molecule has 0 atom stereocenters. The third kappa shape index (κ3) is 5.72. The minimum atomic E-state index is 0.771. The van der Waals surface area contributed by atoms with Crippen LogP contribution in [-0.4, -0.2) is 16.4 Å². The van der Waals surface area contributed by atoms with Crippen LogP contribution in [0.3, 0.4) is 0 Å². The quantitative estimate of drug-likeness (QED) is 0.465. The van der Waals surface area contributed by atoms with Crippen LogP contribution in [0.2, 0.25) is 0 Å². The van der Waals surface area contributed by atoms with Gasteiger partial charge in [0.2, 0.25) is 0 Å². The Bertz CT molecular complexity index is 764. The van der Waals surface area contributed by atoms with E-state index in [4.69, 9.17) is 9.84 Å². The number of ether oxygens (including phenoxy) is 1. The highest BCUT2D eigenvalue weighted by Crippen LogP contribution is 2.37. The molecule has 0 saturated carbocycles. The van der Waals surface area contributed by atoms with E-state index in [1.165, 1.54) is 0 Å². The second kappa shape index (κ2) is 13.6. The van der Waals surface area contributed by atoms with E-state index in [0.29, 0.717) is 0 Å². The zero-order valence-electron chi connectivity index (χ0n) is 18.4. The molecule has 0 fully saturated rings. The maximum Gasteiger partial charge on any atom is 0.168 e. The lowest BCUT2D eigenvalue weighted by Crippen LogP contribution is -2.01. The maximum absolute atomic E-state index is 6.05. The Morgan fingerprint density at radius 2 is 1.32 bits per heavy atom. The predicted octanol–water partition coefficient (Wildman–Crippen LogP) is 7.33. The van der Waals surface area contributed by atoms with Gasteiger partial charge < -0.3 is 4.74 Å². The van der Waals surface area contributed by atoms with Crippen LogP contribution in [0.4, 0.5) is 0 Å². The van der Waals surface area contributed by atoms with Crippen molar-refractivity contribution in [3.05, 3.63) is 66.4 Å². The molecule has 0 N–H and O–H groups in total. The molecule has 4 rings (SSSR count). The molecule has 0 amide bonds. The van der Waals surface area contributed by atoms with Crippen molar-refractivity contribution in [3.8, 4) is 22.7 Å². The Morgan fingerprint density at radius 3 is 1.93 bits per heavy atom. The van der Waals surface area contributed by atoms with Crippen LogP contribution in [-0.2, 0) is 6.42 Å². The van der Waals surface area contributed by atoms with Crippen LogP contribution < -0.4 is 4.74 Å². The van der Waals surface area contributed by atoms with Crippen molar-refractivity contribution in [3.63, 3.8) is 0 Å². The lowest BCUT2D eigenvalue weighted by atomic mass is 10.1. The molecule has 0 saturated heterocycles. The van der Waals surface area contributed by atoms with Crippen molar-refractivity contribution in [1.29, 1.82) is 0 Å². The van der Waals surface area contributed by atoms with Gasteiger partial charge in [-0.25, -0.2) is 4.68 Å². The molecule has 3 heteroatoms. The topological polar surface area (TPSA) is 27.1 Å². The van der Waals surface area contributed by atoms with E-state index >= 15 is 0 Å². The van der Waals surface area contributed by atoms with Crippen molar-refractivity contribution in [2.24, 2.45) is 0 Å². The van der Waals surface area contributed by atoms with Gasteiger partial charge in [-0.15, -0.1) is 0 Å². The monoisotopic (exact) mass is 380 g/mol. The van der Waals surface area contributed by atoms with Crippen molar-refractivity contribution >= 4 is 0 Å². The summed E-state index contributed by atoms with van der Waals surface area (Å²) in [5.74, 6) is 0.951. The SMILES string of the molecule is CC.CC.CC.c1ccc(-c2c3c(nn2-c2ccccc2)CCCCO3)cc1. The first-order valence-electron chi connectivity index (χ1n) is 10.8. The molecular formula is C25H36N2O. The minimum absolute atomic E-state index is 0.771. The molecule has 2 heterocycles. The van der Waals surface area contributed by atoms with E-state index in [0.717, 1.165) is 54.3 Å². The van der Waals surface area contributed by atoms with Crippen molar-refractivity contribution in [1.82, 2.24) is 9.78 Å². The molecule has 152 valence electrons. The van der Waals surface area contributed by atoms with Gasteiger partial charge in [-0.05, 0) is 31.4 Å². The standard InChI is InChI=1S/C19H18N2O.3C2H6/c1-3-9-15(10-4-1)18-19-17(13-7-8-14-22-19)20-21(18)16-11-5-2-6-12-16;3*1-2/h1-6,9-12H,7-8,13-14H2;3*1-2H3. The fourth-order valence-corrected chi connectivity index (χ4v) is 2.94. The zero-order valence-corrected chi connectivity index (χ0v) is 18.4. The predicted molar refractivity (Wildman–Crippen MR) is 121 cm³/mol. The van der Waals surface area contributed by atoms with Crippen LogP contribution in [0.1, 0.15) is 60.1 Å². The smallest absolute Gasteiger partial charge is 0.168 e. The van der Waals surface area contributed by atoms with Crippen LogP contribution in [0, 0.1) is 0 Å².